The molecule has 80 valence electrons. The van der Waals surface area contributed by atoms with E-state index in [2.05, 4.69) is 25.0 Å². The number of nitrogens with two attached hydrogens (primary N) is 1. The molecule has 0 saturated heterocycles. The fourth-order valence-electron chi connectivity index (χ4n) is 1.93. The van der Waals surface area contributed by atoms with Crippen molar-refractivity contribution in [2.75, 3.05) is 5.73 Å². The van der Waals surface area contributed by atoms with Gasteiger partial charge in [-0.05, 0) is 31.5 Å². The molecule has 0 radical (unpaired) electrons. The van der Waals surface area contributed by atoms with Crippen molar-refractivity contribution in [3.05, 3.63) is 23.9 Å². The summed E-state index contributed by atoms with van der Waals surface area (Å²) in [5, 5.41) is 5.81. The van der Waals surface area contributed by atoms with Gasteiger partial charge in [0.2, 0.25) is 0 Å². The van der Waals surface area contributed by atoms with Gasteiger partial charge in [-0.3, -0.25) is 4.68 Å². The molecular formula is C12H17N3. The van der Waals surface area contributed by atoms with Gasteiger partial charge < -0.3 is 5.73 Å². The van der Waals surface area contributed by atoms with Crippen LogP contribution in [0, 0.1) is 0 Å². The lowest BCUT2D eigenvalue weighted by Crippen LogP contribution is -1.96. The summed E-state index contributed by atoms with van der Waals surface area (Å²) in [7, 11) is 0. The number of hydrogen-bond acceptors (Lipinski definition) is 2. The highest BCUT2D eigenvalue weighted by atomic mass is 15.3. The summed E-state index contributed by atoms with van der Waals surface area (Å²) in [4.78, 5) is 0. The molecule has 0 amide bonds. The van der Waals surface area contributed by atoms with Gasteiger partial charge in [-0.25, -0.2) is 0 Å². The number of benzene rings is 1. The second-order valence-electron chi connectivity index (χ2n) is 3.79. The third-order valence-electron chi connectivity index (χ3n) is 2.64. The van der Waals surface area contributed by atoms with E-state index in [0.717, 1.165) is 25.1 Å². The number of nitrogen functional groups attached to an aromatic ring is 1. The minimum absolute atomic E-state index is 0.815. The molecule has 0 aliphatic rings. The minimum atomic E-state index is 0.815. The topological polar surface area (TPSA) is 43.8 Å². The van der Waals surface area contributed by atoms with Crippen LogP contribution in [0.25, 0.3) is 10.9 Å². The van der Waals surface area contributed by atoms with E-state index in [1.165, 1.54) is 16.6 Å². The first-order valence-electron chi connectivity index (χ1n) is 5.51. The molecular weight excluding hydrogens is 186 g/mol. The molecule has 0 saturated carbocycles. The van der Waals surface area contributed by atoms with E-state index in [1.54, 1.807) is 0 Å². The summed E-state index contributed by atoms with van der Waals surface area (Å²) in [6, 6.07) is 6.02. The number of aryl methyl sites for hydroxylation is 2. The molecule has 3 nitrogen and oxygen atoms in total. The van der Waals surface area contributed by atoms with Gasteiger partial charge in [-0.15, -0.1) is 0 Å². The van der Waals surface area contributed by atoms with Crippen molar-refractivity contribution in [1.82, 2.24) is 9.78 Å². The second kappa shape index (κ2) is 3.93. The Morgan fingerprint density at radius 2 is 2.13 bits per heavy atom. The molecule has 2 N–H and O–H groups in total. The summed E-state index contributed by atoms with van der Waals surface area (Å²) >= 11 is 0. The Labute approximate surface area is 89.9 Å². The van der Waals surface area contributed by atoms with Gasteiger partial charge in [-0.2, -0.15) is 5.10 Å². The predicted octanol–water partition coefficient (Wildman–Crippen LogP) is 2.59. The van der Waals surface area contributed by atoms with Crippen molar-refractivity contribution >= 4 is 16.6 Å². The van der Waals surface area contributed by atoms with Gasteiger partial charge in [0.05, 0.1) is 11.2 Å². The van der Waals surface area contributed by atoms with Crippen molar-refractivity contribution in [1.29, 1.82) is 0 Å². The van der Waals surface area contributed by atoms with Crippen LogP contribution >= 0.6 is 0 Å². The van der Waals surface area contributed by atoms with Crippen molar-refractivity contribution < 1.29 is 0 Å². The average Bonchev–Trinajstić information content (AvgIpc) is 2.57. The van der Waals surface area contributed by atoms with E-state index in [-0.39, 0.29) is 0 Å². The van der Waals surface area contributed by atoms with Gasteiger partial charge in [0, 0.05) is 17.6 Å². The van der Waals surface area contributed by atoms with Crippen molar-refractivity contribution in [3.63, 3.8) is 0 Å². The number of hydrogen-bond donors (Lipinski definition) is 1. The Morgan fingerprint density at radius 1 is 1.33 bits per heavy atom. The summed E-state index contributed by atoms with van der Waals surface area (Å²) in [5.41, 5.74) is 8.98. The highest BCUT2D eigenvalue weighted by molar-refractivity contribution is 5.85. The molecule has 0 aliphatic carbocycles. The first kappa shape index (κ1) is 10.0. The maximum absolute atomic E-state index is 5.80. The van der Waals surface area contributed by atoms with Gasteiger partial charge in [0.15, 0.2) is 0 Å². The Morgan fingerprint density at radius 3 is 2.80 bits per heavy atom. The maximum Gasteiger partial charge on any atom is 0.0704 e. The fourth-order valence-corrected chi connectivity index (χ4v) is 1.93. The lowest BCUT2D eigenvalue weighted by atomic mass is 10.1. The highest BCUT2D eigenvalue weighted by Crippen LogP contribution is 2.22. The molecule has 1 heterocycles. The van der Waals surface area contributed by atoms with E-state index in [1.807, 2.05) is 16.8 Å². The molecule has 0 bridgehead atoms. The first-order valence-corrected chi connectivity index (χ1v) is 5.51. The van der Waals surface area contributed by atoms with Crippen molar-refractivity contribution in [2.45, 2.75) is 33.2 Å². The van der Waals surface area contributed by atoms with E-state index < -0.39 is 0 Å². The molecule has 0 spiro atoms. The van der Waals surface area contributed by atoms with Crippen LogP contribution in [0.3, 0.4) is 0 Å². The summed E-state index contributed by atoms with van der Waals surface area (Å²) in [6.07, 6.45) is 2.14. The van der Waals surface area contributed by atoms with Crippen LogP contribution < -0.4 is 5.73 Å². The molecule has 2 aromatic rings. The van der Waals surface area contributed by atoms with Crippen molar-refractivity contribution in [3.8, 4) is 0 Å². The second-order valence-corrected chi connectivity index (χ2v) is 3.79. The Hall–Kier alpha value is -1.51. The molecule has 2 rings (SSSR count). The van der Waals surface area contributed by atoms with Gasteiger partial charge in [0.25, 0.3) is 0 Å². The third-order valence-corrected chi connectivity index (χ3v) is 2.64. The average molecular weight is 203 g/mol. The normalized spacial score (nSPS) is 11.1. The van der Waals surface area contributed by atoms with E-state index in [4.69, 9.17) is 5.73 Å². The zero-order valence-corrected chi connectivity index (χ0v) is 9.33. The monoisotopic (exact) mass is 203 g/mol. The predicted molar refractivity (Wildman–Crippen MR) is 63.8 cm³/mol. The third kappa shape index (κ3) is 1.69. The molecule has 1 aromatic carbocycles. The van der Waals surface area contributed by atoms with E-state index in [9.17, 15) is 0 Å². The SMILES string of the molecule is CCCc1nn(CC)c2ccc(N)cc12. The highest BCUT2D eigenvalue weighted by Gasteiger charge is 2.08. The minimum Gasteiger partial charge on any atom is -0.399 e. The molecule has 0 aliphatic heterocycles. The molecule has 0 fully saturated rings. The zero-order chi connectivity index (χ0) is 10.8. The van der Waals surface area contributed by atoms with Crippen molar-refractivity contribution in [2.24, 2.45) is 0 Å². The number of aromatic nitrogens is 2. The lowest BCUT2D eigenvalue weighted by molar-refractivity contribution is 0.664. The number of rotatable bonds is 3. The summed E-state index contributed by atoms with van der Waals surface area (Å²) in [6.45, 7) is 5.19. The van der Waals surface area contributed by atoms with E-state index >= 15 is 0 Å². The van der Waals surface area contributed by atoms with Gasteiger partial charge in [0.1, 0.15) is 0 Å². The largest absolute Gasteiger partial charge is 0.399 e. The molecule has 1 aromatic heterocycles. The van der Waals surface area contributed by atoms with Crippen LogP contribution in [0.15, 0.2) is 18.2 Å². The summed E-state index contributed by atoms with van der Waals surface area (Å²) < 4.78 is 2.04. The van der Waals surface area contributed by atoms with Crippen LogP contribution in [0.4, 0.5) is 5.69 Å². The van der Waals surface area contributed by atoms with Crippen LogP contribution in [0.1, 0.15) is 26.0 Å². The Kier molecular flexibility index (Phi) is 2.62. The van der Waals surface area contributed by atoms with E-state index in [0.29, 0.717) is 0 Å². The maximum atomic E-state index is 5.80. The lowest BCUT2D eigenvalue weighted by Gasteiger charge is -1.97. The number of anilines is 1. The molecule has 0 atom stereocenters. The standard InChI is InChI=1S/C12H17N3/c1-3-5-11-10-8-9(13)6-7-12(10)15(4-2)14-11/h6-8H,3-5,13H2,1-2H3. The van der Waals surface area contributed by atoms with Crippen LogP contribution in [-0.4, -0.2) is 9.78 Å². The smallest absolute Gasteiger partial charge is 0.0704 e. The van der Waals surface area contributed by atoms with Crippen LogP contribution in [-0.2, 0) is 13.0 Å². The van der Waals surface area contributed by atoms with Gasteiger partial charge in [-0.1, -0.05) is 13.3 Å². The van der Waals surface area contributed by atoms with Gasteiger partial charge >= 0.3 is 0 Å². The number of nitrogens with zero attached hydrogens (tertiary/aromatic N) is 2. The molecule has 3 heteroatoms. The van der Waals surface area contributed by atoms with Crippen LogP contribution in [0.2, 0.25) is 0 Å². The Bertz CT molecular complexity index is 471. The first-order chi connectivity index (χ1) is 7.26. The van der Waals surface area contributed by atoms with Crippen LogP contribution in [0.5, 0.6) is 0 Å². The fraction of sp³-hybridized carbons (Fsp3) is 0.417. The summed E-state index contributed by atoms with van der Waals surface area (Å²) in [5.74, 6) is 0. The zero-order valence-electron chi connectivity index (χ0n) is 9.33. The number of fused-ring (bicyclic) bond motifs is 1. The quantitative estimate of drug-likeness (QED) is 0.779. The molecule has 15 heavy (non-hydrogen) atoms. The Balaban J connectivity index is 2.64. The molecule has 0 unspecified atom stereocenters.